The Morgan fingerprint density at radius 1 is 1.27 bits per heavy atom. The third-order valence-electron chi connectivity index (χ3n) is 5.46. The molecule has 1 aliphatic rings. The molecule has 0 aliphatic carbocycles. The normalized spacial score (nSPS) is 16.8. The molecular weight excluding hydrogens is 399 g/mol. The van der Waals surface area contributed by atoms with Gasteiger partial charge in [-0.05, 0) is 36.2 Å². The molecule has 0 atom stereocenters. The molecule has 7 nitrogen and oxygen atoms in total. The number of benzene rings is 1. The zero-order valence-electron chi connectivity index (χ0n) is 16.2. The molecule has 30 heavy (non-hydrogen) atoms. The number of fused-ring (bicyclic) bond motifs is 1. The predicted octanol–water partition coefficient (Wildman–Crippen LogP) is 3.36. The summed E-state index contributed by atoms with van der Waals surface area (Å²) in [6, 6.07) is 4.08. The Labute approximate surface area is 169 Å². The van der Waals surface area contributed by atoms with Crippen molar-refractivity contribution in [2.45, 2.75) is 32.2 Å². The lowest BCUT2D eigenvalue weighted by Crippen LogP contribution is -2.38. The van der Waals surface area contributed by atoms with Gasteiger partial charge in [-0.3, -0.25) is 4.90 Å². The number of hydrogen-bond acceptors (Lipinski definition) is 5. The highest BCUT2D eigenvalue weighted by atomic mass is 19.3. The number of carboxylic acids is 1. The van der Waals surface area contributed by atoms with E-state index in [2.05, 4.69) is 10.1 Å². The van der Waals surface area contributed by atoms with Crippen molar-refractivity contribution in [3.05, 3.63) is 47.0 Å². The number of aromatic carboxylic acids is 1. The van der Waals surface area contributed by atoms with E-state index in [1.54, 1.807) is 6.07 Å². The minimum Gasteiger partial charge on any atom is -0.478 e. The summed E-state index contributed by atoms with van der Waals surface area (Å²) in [7, 11) is 0. The molecule has 0 bridgehead atoms. The minimum absolute atomic E-state index is 0.0248. The minimum atomic E-state index is -2.66. The molecule has 10 heteroatoms. The number of anilines is 1. The summed E-state index contributed by atoms with van der Waals surface area (Å²) >= 11 is 0. The summed E-state index contributed by atoms with van der Waals surface area (Å²) in [6.07, 6.45) is 0.764. The van der Waals surface area contributed by atoms with Gasteiger partial charge in [0.25, 0.3) is 5.92 Å². The molecule has 0 radical (unpaired) electrons. The van der Waals surface area contributed by atoms with Crippen molar-refractivity contribution >= 4 is 17.3 Å². The lowest BCUT2D eigenvalue weighted by Gasteiger charge is -2.31. The van der Waals surface area contributed by atoms with Gasteiger partial charge in [-0.2, -0.15) is 5.10 Å². The second kappa shape index (κ2) is 7.28. The molecule has 1 aliphatic heterocycles. The van der Waals surface area contributed by atoms with Crippen molar-refractivity contribution in [3.8, 4) is 11.3 Å². The third kappa shape index (κ3) is 3.58. The van der Waals surface area contributed by atoms with E-state index >= 15 is 0 Å². The van der Waals surface area contributed by atoms with Gasteiger partial charge in [0.15, 0.2) is 5.82 Å². The van der Waals surface area contributed by atoms with Gasteiger partial charge in [0, 0.05) is 38.0 Å². The van der Waals surface area contributed by atoms with Crippen molar-refractivity contribution < 1.29 is 23.1 Å². The number of aromatic nitrogens is 3. The summed E-state index contributed by atoms with van der Waals surface area (Å²) in [4.78, 5) is 17.4. The first kappa shape index (κ1) is 20.1. The Kier molecular flexibility index (Phi) is 4.89. The number of nitrogens with zero attached hydrogens (tertiary/aromatic N) is 4. The summed E-state index contributed by atoms with van der Waals surface area (Å²) in [5.74, 6) is -4.26. The number of likely N-dealkylation sites (tertiary alicyclic amines) is 1. The van der Waals surface area contributed by atoms with Gasteiger partial charge in [0.1, 0.15) is 17.7 Å². The molecule has 158 valence electrons. The summed E-state index contributed by atoms with van der Waals surface area (Å²) in [5, 5.41) is 13.6. The number of carboxylic acid groups (broad SMARTS) is 1. The smallest absolute Gasteiger partial charge is 0.335 e. The molecule has 4 rings (SSSR count). The van der Waals surface area contributed by atoms with Crippen LogP contribution in [-0.2, 0) is 6.54 Å². The van der Waals surface area contributed by atoms with Crippen LogP contribution in [0.4, 0.5) is 19.0 Å². The van der Waals surface area contributed by atoms with E-state index in [1.165, 1.54) is 23.8 Å². The molecule has 0 saturated carbocycles. The van der Waals surface area contributed by atoms with Crippen LogP contribution >= 0.6 is 0 Å². The first-order chi connectivity index (χ1) is 14.2. The molecule has 0 unspecified atom stereocenters. The van der Waals surface area contributed by atoms with E-state index < -0.39 is 17.7 Å². The number of piperidine rings is 1. The highest BCUT2D eigenvalue weighted by Gasteiger charge is 2.34. The monoisotopic (exact) mass is 419 g/mol. The molecule has 1 aromatic carbocycles. The Hall–Kier alpha value is -3.14. The topological polar surface area (TPSA) is 96.8 Å². The molecule has 0 spiro atoms. The molecule has 1 saturated heterocycles. The van der Waals surface area contributed by atoms with E-state index in [0.717, 1.165) is 6.07 Å². The first-order valence-corrected chi connectivity index (χ1v) is 9.41. The van der Waals surface area contributed by atoms with Gasteiger partial charge >= 0.3 is 5.97 Å². The molecule has 3 N–H and O–H groups in total. The summed E-state index contributed by atoms with van der Waals surface area (Å²) in [5.41, 5.74) is 7.79. The van der Waals surface area contributed by atoms with E-state index in [4.69, 9.17) is 5.73 Å². The summed E-state index contributed by atoms with van der Waals surface area (Å²) < 4.78 is 43.2. The number of carbonyl (C=O) groups is 1. The zero-order valence-corrected chi connectivity index (χ0v) is 16.2. The molecule has 1 fully saturated rings. The van der Waals surface area contributed by atoms with Crippen LogP contribution in [0.5, 0.6) is 0 Å². The number of nitrogen functional groups attached to an aromatic ring is 1. The average molecular weight is 419 g/mol. The fraction of sp³-hybridized carbons (Fsp3) is 0.350. The van der Waals surface area contributed by atoms with Gasteiger partial charge in [-0.25, -0.2) is 27.5 Å². The quantitative estimate of drug-likeness (QED) is 0.673. The van der Waals surface area contributed by atoms with Gasteiger partial charge in [-0.1, -0.05) is 0 Å². The molecule has 3 heterocycles. The molecular formula is C20H20F3N5O2. The number of nitrogens with two attached hydrogens (primary N) is 1. The standard InChI is InChI=1S/C20H20F3N5O2/c1-11-6-15(21)14(8-13(11)19(29)30)16-7-12(17-18(24)25-10-26-28(16)17)9-27-4-2-20(22,23)3-5-27/h6-8,10H,2-5,9H2,1H3,(H,29,30)(H2,24,25,26). The third-order valence-corrected chi connectivity index (χ3v) is 5.46. The average Bonchev–Trinajstić information content (AvgIpc) is 3.03. The molecule has 3 aromatic rings. The van der Waals surface area contributed by atoms with Crippen LogP contribution in [0, 0.1) is 12.7 Å². The number of hydrogen-bond donors (Lipinski definition) is 2. The van der Waals surface area contributed by atoms with Crippen LogP contribution in [-0.4, -0.2) is 49.6 Å². The highest BCUT2D eigenvalue weighted by Crippen LogP contribution is 2.33. The van der Waals surface area contributed by atoms with Crippen LogP contribution < -0.4 is 5.73 Å². The maximum Gasteiger partial charge on any atom is 0.335 e. The summed E-state index contributed by atoms with van der Waals surface area (Å²) in [6.45, 7) is 2.27. The van der Waals surface area contributed by atoms with E-state index in [-0.39, 0.29) is 42.9 Å². The highest BCUT2D eigenvalue weighted by molar-refractivity contribution is 5.91. The fourth-order valence-corrected chi connectivity index (χ4v) is 3.84. The largest absolute Gasteiger partial charge is 0.478 e. The van der Waals surface area contributed by atoms with Crippen molar-refractivity contribution in [1.82, 2.24) is 19.5 Å². The lowest BCUT2D eigenvalue weighted by atomic mass is 10.0. The van der Waals surface area contributed by atoms with Crippen molar-refractivity contribution in [2.75, 3.05) is 18.8 Å². The van der Waals surface area contributed by atoms with Crippen LogP contribution in [0.25, 0.3) is 16.8 Å². The molecule has 2 aromatic heterocycles. The zero-order chi connectivity index (χ0) is 21.6. The Bertz CT molecular complexity index is 1140. The SMILES string of the molecule is Cc1cc(F)c(-c2cc(CN3CCC(F)(F)CC3)c3c(N)ncnn23)cc1C(=O)O. The van der Waals surface area contributed by atoms with Crippen molar-refractivity contribution in [2.24, 2.45) is 0 Å². The Morgan fingerprint density at radius 3 is 2.63 bits per heavy atom. The van der Waals surface area contributed by atoms with Gasteiger partial charge in [0.2, 0.25) is 0 Å². The van der Waals surface area contributed by atoms with E-state index in [1.807, 2.05) is 4.90 Å². The second-order valence-corrected chi connectivity index (χ2v) is 7.54. The number of alkyl halides is 2. The van der Waals surface area contributed by atoms with Crippen LogP contribution in [0.2, 0.25) is 0 Å². The second-order valence-electron chi connectivity index (χ2n) is 7.54. The van der Waals surface area contributed by atoms with E-state index in [9.17, 15) is 23.1 Å². The number of aryl methyl sites for hydroxylation is 1. The van der Waals surface area contributed by atoms with Crippen LogP contribution in [0.3, 0.4) is 0 Å². The van der Waals surface area contributed by atoms with Gasteiger partial charge < -0.3 is 10.8 Å². The predicted molar refractivity (Wildman–Crippen MR) is 104 cm³/mol. The van der Waals surface area contributed by atoms with Crippen LogP contribution in [0.15, 0.2) is 24.5 Å². The van der Waals surface area contributed by atoms with Gasteiger partial charge in [0.05, 0.1) is 11.3 Å². The Morgan fingerprint density at radius 2 is 1.97 bits per heavy atom. The Balaban J connectivity index is 1.81. The van der Waals surface area contributed by atoms with Crippen molar-refractivity contribution in [3.63, 3.8) is 0 Å². The van der Waals surface area contributed by atoms with E-state index in [0.29, 0.717) is 28.9 Å². The maximum absolute atomic E-state index is 14.8. The lowest BCUT2D eigenvalue weighted by molar-refractivity contribution is -0.0565. The maximum atomic E-state index is 14.8. The molecule has 0 amide bonds. The van der Waals surface area contributed by atoms with Crippen LogP contribution in [0.1, 0.15) is 34.3 Å². The first-order valence-electron chi connectivity index (χ1n) is 9.41. The van der Waals surface area contributed by atoms with Crippen molar-refractivity contribution in [1.29, 1.82) is 0 Å². The number of halogens is 3. The fourth-order valence-electron chi connectivity index (χ4n) is 3.84. The van der Waals surface area contributed by atoms with Gasteiger partial charge in [-0.15, -0.1) is 0 Å². The number of rotatable bonds is 4.